The van der Waals surface area contributed by atoms with Crippen molar-refractivity contribution in [3.8, 4) is 0 Å². The van der Waals surface area contributed by atoms with Crippen LogP contribution in [0.4, 0.5) is 11.4 Å². The van der Waals surface area contributed by atoms with E-state index < -0.39 is 4.92 Å². The Morgan fingerprint density at radius 3 is 2.42 bits per heavy atom. The summed E-state index contributed by atoms with van der Waals surface area (Å²) in [5, 5.41) is 13.8. The van der Waals surface area contributed by atoms with Crippen molar-refractivity contribution in [1.29, 1.82) is 0 Å². The number of benzene rings is 2. The lowest BCUT2D eigenvalue weighted by molar-refractivity contribution is -0.384. The number of nitrogens with zero attached hydrogens (tertiary/aromatic N) is 2. The Labute approximate surface area is 150 Å². The van der Waals surface area contributed by atoms with E-state index in [4.69, 9.17) is 0 Å². The molecular formula is C19H19N3O4. The van der Waals surface area contributed by atoms with Crippen molar-refractivity contribution in [2.75, 3.05) is 25.0 Å². The highest BCUT2D eigenvalue weighted by Gasteiger charge is 2.21. The number of non-ortho nitro benzene ring substituents is 1. The first-order chi connectivity index (χ1) is 12.5. The maximum absolute atomic E-state index is 12.8. The third-order valence-corrected chi connectivity index (χ3v) is 4.33. The third kappa shape index (κ3) is 4.12. The minimum Gasteiger partial charge on any atom is -0.324 e. The van der Waals surface area contributed by atoms with Crippen LogP contribution in [0, 0.1) is 10.1 Å². The molecule has 7 nitrogen and oxygen atoms in total. The molecule has 0 atom stereocenters. The van der Waals surface area contributed by atoms with Crippen molar-refractivity contribution in [2.24, 2.45) is 0 Å². The van der Waals surface area contributed by atoms with E-state index >= 15 is 0 Å². The molecule has 0 radical (unpaired) electrons. The molecule has 0 unspecified atom stereocenters. The Hall–Kier alpha value is -3.06. The number of nitrogens with one attached hydrogen (secondary N) is 1. The molecule has 1 fully saturated rings. The maximum Gasteiger partial charge on any atom is 0.270 e. The summed E-state index contributed by atoms with van der Waals surface area (Å²) in [6.45, 7) is 2.00. The van der Waals surface area contributed by atoms with Crippen molar-refractivity contribution in [3.63, 3.8) is 0 Å². The van der Waals surface area contributed by atoms with Crippen LogP contribution in [0.25, 0.3) is 0 Å². The Balaban J connectivity index is 1.87. The number of carbonyl (C=O) groups is 2. The zero-order chi connectivity index (χ0) is 18.5. The number of nitro benzene ring substituents is 1. The van der Waals surface area contributed by atoms with E-state index in [1.54, 1.807) is 30.3 Å². The number of hydrogen-bond donors (Lipinski definition) is 1. The van der Waals surface area contributed by atoms with Crippen LogP contribution in [-0.4, -0.2) is 41.1 Å². The van der Waals surface area contributed by atoms with Gasteiger partial charge in [-0.05, 0) is 32.0 Å². The van der Waals surface area contributed by atoms with E-state index in [1.165, 1.54) is 18.2 Å². The molecule has 0 aromatic heterocycles. The summed E-state index contributed by atoms with van der Waals surface area (Å²) in [5.74, 6) is -0.603. The summed E-state index contributed by atoms with van der Waals surface area (Å²) in [6, 6.07) is 12.4. The van der Waals surface area contributed by atoms with Gasteiger partial charge in [0.25, 0.3) is 5.69 Å². The van der Waals surface area contributed by atoms with Crippen LogP contribution in [0.2, 0.25) is 0 Å². The standard InChI is InChI=1S/C19H19N3O4/c23-18(13-21-10-4-5-11-21)20-17-9-8-15(22(25)26)12-16(17)19(24)14-6-2-1-3-7-14/h1-3,6-9,12H,4-5,10-11,13H2,(H,20,23). The molecule has 1 saturated heterocycles. The second kappa shape index (κ2) is 7.88. The van der Waals surface area contributed by atoms with E-state index in [9.17, 15) is 19.7 Å². The number of anilines is 1. The van der Waals surface area contributed by atoms with Gasteiger partial charge in [0.15, 0.2) is 5.78 Å². The number of nitro groups is 1. The second-order valence-corrected chi connectivity index (χ2v) is 6.21. The second-order valence-electron chi connectivity index (χ2n) is 6.21. The number of hydrogen-bond acceptors (Lipinski definition) is 5. The molecule has 3 rings (SSSR count). The molecule has 1 aliphatic rings. The molecule has 7 heteroatoms. The van der Waals surface area contributed by atoms with Crippen LogP contribution in [-0.2, 0) is 4.79 Å². The maximum atomic E-state index is 12.8. The van der Waals surface area contributed by atoms with Gasteiger partial charge in [-0.15, -0.1) is 0 Å². The summed E-state index contributed by atoms with van der Waals surface area (Å²) in [7, 11) is 0. The molecule has 26 heavy (non-hydrogen) atoms. The molecule has 0 aliphatic carbocycles. The lowest BCUT2D eigenvalue weighted by Gasteiger charge is -2.15. The summed E-state index contributed by atoms with van der Waals surface area (Å²) in [4.78, 5) is 37.6. The van der Waals surface area contributed by atoms with Crippen molar-refractivity contribution in [2.45, 2.75) is 12.8 Å². The van der Waals surface area contributed by atoms with E-state index in [1.807, 2.05) is 4.90 Å². The van der Waals surface area contributed by atoms with Crippen LogP contribution >= 0.6 is 0 Å². The molecule has 0 bridgehead atoms. The van der Waals surface area contributed by atoms with E-state index in [0.29, 0.717) is 5.56 Å². The van der Waals surface area contributed by atoms with Gasteiger partial charge in [0.2, 0.25) is 5.91 Å². The molecule has 1 heterocycles. The summed E-state index contributed by atoms with van der Waals surface area (Å²) in [5.41, 5.74) is 0.610. The van der Waals surface area contributed by atoms with Gasteiger partial charge in [-0.2, -0.15) is 0 Å². The highest BCUT2D eigenvalue weighted by atomic mass is 16.6. The zero-order valence-corrected chi connectivity index (χ0v) is 14.2. The number of ketones is 1. The minimum absolute atomic E-state index is 0.111. The molecule has 0 saturated carbocycles. The average Bonchev–Trinajstić information content (AvgIpc) is 3.15. The first kappa shape index (κ1) is 17.8. The fourth-order valence-electron chi connectivity index (χ4n) is 3.02. The normalized spacial score (nSPS) is 14.2. The predicted molar refractivity (Wildman–Crippen MR) is 97.3 cm³/mol. The summed E-state index contributed by atoms with van der Waals surface area (Å²) >= 11 is 0. The lowest BCUT2D eigenvalue weighted by atomic mass is 10.0. The molecule has 1 N–H and O–H groups in total. The highest BCUT2D eigenvalue weighted by molar-refractivity contribution is 6.14. The van der Waals surface area contributed by atoms with Gasteiger partial charge in [0, 0.05) is 17.7 Å². The molecule has 0 spiro atoms. The fraction of sp³-hybridized carbons (Fsp3) is 0.263. The topological polar surface area (TPSA) is 92.6 Å². The molecule has 134 valence electrons. The quantitative estimate of drug-likeness (QED) is 0.490. The highest BCUT2D eigenvalue weighted by Crippen LogP contribution is 2.25. The Bertz CT molecular complexity index is 830. The van der Waals surface area contributed by atoms with Gasteiger partial charge < -0.3 is 5.32 Å². The largest absolute Gasteiger partial charge is 0.324 e. The van der Waals surface area contributed by atoms with Crippen molar-refractivity contribution in [3.05, 3.63) is 69.8 Å². The summed E-state index contributed by atoms with van der Waals surface area (Å²) in [6.07, 6.45) is 2.14. The number of amides is 1. The van der Waals surface area contributed by atoms with Crippen LogP contribution in [0.15, 0.2) is 48.5 Å². The number of carbonyl (C=O) groups excluding carboxylic acids is 2. The number of rotatable bonds is 6. The van der Waals surface area contributed by atoms with E-state index in [-0.39, 0.29) is 35.2 Å². The van der Waals surface area contributed by atoms with Gasteiger partial charge in [-0.25, -0.2) is 0 Å². The third-order valence-electron chi connectivity index (χ3n) is 4.33. The first-order valence-electron chi connectivity index (χ1n) is 8.45. The van der Waals surface area contributed by atoms with Gasteiger partial charge in [-0.3, -0.25) is 24.6 Å². The van der Waals surface area contributed by atoms with Gasteiger partial charge in [0.05, 0.1) is 22.7 Å². The van der Waals surface area contributed by atoms with Crippen molar-refractivity contribution >= 4 is 23.1 Å². The van der Waals surface area contributed by atoms with Crippen molar-refractivity contribution in [1.82, 2.24) is 4.90 Å². The van der Waals surface area contributed by atoms with Crippen LogP contribution < -0.4 is 5.32 Å². The summed E-state index contributed by atoms with van der Waals surface area (Å²) < 4.78 is 0. The van der Waals surface area contributed by atoms with Gasteiger partial charge in [-0.1, -0.05) is 30.3 Å². The van der Waals surface area contributed by atoms with E-state index in [0.717, 1.165) is 25.9 Å². The molecule has 1 amide bonds. The molecule has 1 aliphatic heterocycles. The van der Waals surface area contributed by atoms with Crippen LogP contribution in [0.3, 0.4) is 0 Å². The number of likely N-dealkylation sites (tertiary alicyclic amines) is 1. The zero-order valence-electron chi connectivity index (χ0n) is 14.2. The van der Waals surface area contributed by atoms with Gasteiger partial charge in [0.1, 0.15) is 0 Å². The Morgan fingerprint density at radius 2 is 1.77 bits per heavy atom. The predicted octanol–water partition coefficient (Wildman–Crippen LogP) is 2.86. The molecule has 2 aromatic rings. The van der Waals surface area contributed by atoms with Crippen LogP contribution in [0.1, 0.15) is 28.8 Å². The minimum atomic E-state index is -0.558. The molecular weight excluding hydrogens is 334 g/mol. The van der Waals surface area contributed by atoms with Crippen LogP contribution in [0.5, 0.6) is 0 Å². The smallest absolute Gasteiger partial charge is 0.270 e. The van der Waals surface area contributed by atoms with Gasteiger partial charge >= 0.3 is 0 Å². The molecule has 2 aromatic carbocycles. The first-order valence-corrected chi connectivity index (χ1v) is 8.45. The SMILES string of the molecule is O=C(CN1CCCC1)Nc1ccc([N+](=O)[O-])cc1C(=O)c1ccccc1. The fourth-order valence-corrected chi connectivity index (χ4v) is 3.02. The van der Waals surface area contributed by atoms with E-state index in [2.05, 4.69) is 5.32 Å². The van der Waals surface area contributed by atoms with Crippen molar-refractivity contribution < 1.29 is 14.5 Å². The average molecular weight is 353 g/mol. The lowest BCUT2D eigenvalue weighted by Crippen LogP contribution is -2.31. The Morgan fingerprint density at radius 1 is 1.08 bits per heavy atom. The monoisotopic (exact) mass is 353 g/mol. The Kier molecular flexibility index (Phi) is 5.38.